The molecule has 0 aliphatic heterocycles. The number of carboxylic acids is 1. The number of hydrogen-bond acceptors (Lipinski definition) is 3. The highest BCUT2D eigenvalue weighted by atomic mass is 16.4. The van der Waals surface area contributed by atoms with Crippen LogP contribution in [-0.2, 0) is 9.59 Å². The molecular formula is C18H32NO3-. The average molecular weight is 310 g/mol. The zero-order valence-corrected chi connectivity index (χ0v) is 14.1. The molecule has 0 aromatic heterocycles. The number of carboxylic acid groups (broad SMARTS) is 1. The van der Waals surface area contributed by atoms with Crippen LogP contribution >= 0.6 is 0 Å². The number of carbonyl (C=O) groups is 2. The number of rotatable bonds is 5. The lowest BCUT2D eigenvalue weighted by Crippen LogP contribution is -2.36. The summed E-state index contributed by atoms with van der Waals surface area (Å²) in [4.78, 5) is 22.6. The number of carbonyl (C=O) groups excluding carboxylic acids is 2. The van der Waals surface area contributed by atoms with Crippen molar-refractivity contribution < 1.29 is 14.7 Å². The highest BCUT2D eigenvalue weighted by molar-refractivity contribution is 5.77. The molecule has 1 amide bonds. The van der Waals surface area contributed by atoms with Crippen LogP contribution in [-0.4, -0.2) is 17.9 Å². The second kappa shape index (κ2) is 11.5. The fourth-order valence-electron chi connectivity index (χ4n) is 3.27. The summed E-state index contributed by atoms with van der Waals surface area (Å²) in [7, 11) is 0. The summed E-state index contributed by atoms with van der Waals surface area (Å²) >= 11 is 0. The molecule has 0 saturated heterocycles. The molecule has 0 heterocycles. The highest BCUT2D eigenvalue weighted by Gasteiger charge is 2.15. The summed E-state index contributed by atoms with van der Waals surface area (Å²) in [6, 6.07) is 0.266. The molecule has 1 aliphatic rings. The van der Waals surface area contributed by atoms with Gasteiger partial charge in [-0.05, 0) is 25.2 Å². The van der Waals surface area contributed by atoms with Gasteiger partial charge in [0.2, 0.25) is 5.91 Å². The molecule has 1 rings (SSSR count). The van der Waals surface area contributed by atoms with E-state index in [-0.39, 0.29) is 30.7 Å². The minimum Gasteiger partial charge on any atom is -0.550 e. The van der Waals surface area contributed by atoms with Crippen LogP contribution in [0.5, 0.6) is 0 Å². The SMILES string of the molecule is C[C@H](CC(=O)[O-])CC(=O)NC1CCCCCCCCCCC1. The zero-order valence-electron chi connectivity index (χ0n) is 14.1. The number of aliphatic carboxylic acids is 1. The quantitative estimate of drug-likeness (QED) is 0.849. The zero-order chi connectivity index (χ0) is 16.2. The molecule has 1 fully saturated rings. The summed E-state index contributed by atoms with van der Waals surface area (Å²) in [6.45, 7) is 1.79. The molecule has 0 spiro atoms. The molecule has 1 atom stereocenters. The van der Waals surface area contributed by atoms with Crippen molar-refractivity contribution in [1.29, 1.82) is 0 Å². The van der Waals surface area contributed by atoms with Crippen molar-refractivity contribution >= 4 is 11.9 Å². The molecule has 4 heteroatoms. The van der Waals surface area contributed by atoms with Crippen molar-refractivity contribution in [1.82, 2.24) is 5.32 Å². The van der Waals surface area contributed by atoms with E-state index in [9.17, 15) is 14.7 Å². The normalized spacial score (nSPS) is 20.4. The van der Waals surface area contributed by atoms with Crippen LogP contribution in [0.1, 0.15) is 90.4 Å². The van der Waals surface area contributed by atoms with Crippen LogP contribution in [0.3, 0.4) is 0 Å². The summed E-state index contributed by atoms with van der Waals surface area (Å²) in [5.41, 5.74) is 0. The molecule has 0 aromatic carbocycles. The molecule has 128 valence electrons. The monoisotopic (exact) mass is 310 g/mol. The molecule has 4 nitrogen and oxygen atoms in total. The fraction of sp³-hybridized carbons (Fsp3) is 0.889. The van der Waals surface area contributed by atoms with Gasteiger partial charge >= 0.3 is 0 Å². The van der Waals surface area contributed by atoms with Gasteiger partial charge in [-0.25, -0.2) is 0 Å². The Hall–Kier alpha value is -1.06. The first-order chi connectivity index (χ1) is 10.6. The smallest absolute Gasteiger partial charge is 0.220 e. The van der Waals surface area contributed by atoms with E-state index in [2.05, 4.69) is 5.32 Å². The first-order valence-corrected chi connectivity index (χ1v) is 9.07. The van der Waals surface area contributed by atoms with E-state index >= 15 is 0 Å². The van der Waals surface area contributed by atoms with Gasteiger partial charge in [-0.15, -0.1) is 0 Å². The van der Waals surface area contributed by atoms with E-state index in [0.717, 1.165) is 12.8 Å². The summed E-state index contributed by atoms with van der Waals surface area (Å²) < 4.78 is 0. The van der Waals surface area contributed by atoms with Gasteiger partial charge in [0.25, 0.3) is 0 Å². The fourth-order valence-corrected chi connectivity index (χ4v) is 3.27. The molecule has 1 aliphatic carbocycles. The van der Waals surface area contributed by atoms with E-state index in [1.54, 1.807) is 6.92 Å². The Morgan fingerprint density at radius 3 is 1.82 bits per heavy atom. The largest absolute Gasteiger partial charge is 0.550 e. The Morgan fingerprint density at radius 1 is 0.909 bits per heavy atom. The van der Waals surface area contributed by atoms with Crippen LogP contribution in [0.25, 0.3) is 0 Å². The van der Waals surface area contributed by atoms with Gasteiger partial charge in [-0.2, -0.15) is 0 Å². The van der Waals surface area contributed by atoms with Crippen LogP contribution in [0.15, 0.2) is 0 Å². The Labute approximate surface area is 135 Å². The molecule has 1 saturated carbocycles. The van der Waals surface area contributed by atoms with Gasteiger partial charge in [-0.3, -0.25) is 4.79 Å². The molecule has 1 N–H and O–H groups in total. The molecule has 0 bridgehead atoms. The second-order valence-electron chi connectivity index (χ2n) is 6.91. The number of amides is 1. The molecule has 22 heavy (non-hydrogen) atoms. The van der Waals surface area contributed by atoms with Crippen molar-refractivity contribution in [3.05, 3.63) is 0 Å². The lowest BCUT2D eigenvalue weighted by molar-refractivity contribution is -0.306. The van der Waals surface area contributed by atoms with Crippen LogP contribution in [0, 0.1) is 5.92 Å². The maximum absolute atomic E-state index is 12.1. The molecular weight excluding hydrogens is 278 g/mol. The van der Waals surface area contributed by atoms with E-state index in [1.807, 2.05) is 0 Å². The third-order valence-electron chi connectivity index (χ3n) is 4.52. The van der Waals surface area contributed by atoms with Crippen LogP contribution in [0.4, 0.5) is 0 Å². The Kier molecular flexibility index (Phi) is 9.93. The van der Waals surface area contributed by atoms with Gasteiger partial charge < -0.3 is 15.2 Å². The van der Waals surface area contributed by atoms with E-state index in [1.165, 1.54) is 57.8 Å². The average Bonchev–Trinajstić information content (AvgIpc) is 2.40. The number of nitrogens with one attached hydrogen (secondary N) is 1. The maximum Gasteiger partial charge on any atom is 0.220 e. The van der Waals surface area contributed by atoms with E-state index in [4.69, 9.17) is 0 Å². The van der Waals surface area contributed by atoms with E-state index < -0.39 is 5.97 Å². The third-order valence-corrected chi connectivity index (χ3v) is 4.52. The van der Waals surface area contributed by atoms with Crippen LogP contribution in [0.2, 0.25) is 0 Å². The maximum atomic E-state index is 12.1. The summed E-state index contributed by atoms with van der Waals surface area (Å²) in [5, 5.41) is 13.7. The van der Waals surface area contributed by atoms with E-state index in [0.29, 0.717) is 0 Å². The molecule has 0 unspecified atom stereocenters. The van der Waals surface area contributed by atoms with Crippen molar-refractivity contribution in [3.8, 4) is 0 Å². The second-order valence-corrected chi connectivity index (χ2v) is 6.91. The first kappa shape index (κ1) is 19.0. The molecule has 0 aromatic rings. The van der Waals surface area contributed by atoms with Gasteiger partial charge in [0.1, 0.15) is 0 Å². The lowest BCUT2D eigenvalue weighted by Gasteiger charge is -2.21. The van der Waals surface area contributed by atoms with Crippen molar-refractivity contribution in [2.45, 2.75) is 96.4 Å². The minimum absolute atomic E-state index is 0.00848. The molecule has 0 radical (unpaired) electrons. The predicted molar refractivity (Wildman–Crippen MR) is 86.1 cm³/mol. The third kappa shape index (κ3) is 9.80. The Balaban J connectivity index is 2.34. The van der Waals surface area contributed by atoms with Crippen molar-refractivity contribution in [2.24, 2.45) is 5.92 Å². The minimum atomic E-state index is -1.08. The highest BCUT2D eigenvalue weighted by Crippen LogP contribution is 2.17. The topological polar surface area (TPSA) is 69.2 Å². The van der Waals surface area contributed by atoms with Gasteiger partial charge in [-0.1, -0.05) is 64.7 Å². The van der Waals surface area contributed by atoms with Gasteiger partial charge in [0.05, 0.1) is 0 Å². The van der Waals surface area contributed by atoms with Crippen LogP contribution < -0.4 is 10.4 Å². The summed E-state index contributed by atoms with van der Waals surface area (Å²) in [6.07, 6.45) is 13.9. The van der Waals surface area contributed by atoms with Crippen molar-refractivity contribution in [3.63, 3.8) is 0 Å². The summed E-state index contributed by atoms with van der Waals surface area (Å²) in [5.74, 6) is -1.24. The number of hydrogen-bond donors (Lipinski definition) is 1. The predicted octanol–water partition coefficient (Wildman–Crippen LogP) is 2.94. The van der Waals surface area contributed by atoms with Gasteiger partial charge in [0, 0.05) is 18.4 Å². The van der Waals surface area contributed by atoms with Crippen molar-refractivity contribution in [2.75, 3.05) is 0 Å². The Morgan fingerprint density at radius 2 is 1.36 bits per heavy atom. The Bertz CT molecular complexity index is 318. The van der Waals surface area contributed by atoms with Gasteiger partial charge in [0.15, 0.2) is 0 Å². The standard InChI is InChI=1S/C18H33NO3/c1-15(14-18(21)22)13-17(20)19-16-11-9-7-5-3-2-4-6-8-10-12-16/h15-16H,2-14H2,1H3,(H,19,20)(H,21,22)/p-1/t15-/m0/s1. The lowest BCUT2D eigenvalue weighted by atomic mass is 9.97. The first-order valence-electron chi connectivity index (χ1n) is 9.07.